The van der Waals surface area contributed by atoms with Gasteiger partial charge in [-0.05, 0) is 86.4 Å². The van der Waals surface area contributed by atoms with Gasteiger partial charge < -0.3 is 10.2 Å². The summed E-state index contributed by atoms with van der Waals surface area (Å²) in [5.74, 6) is -0.795. The minimum Gasteiger partial charge on any atom is -0.481 e. The molecule has 1 rings (SSSR count). The van der Waals surface area contributed by atoms with Crippen molar-refractivity contribution in [3.05, 3.63) is 0 Å². The summed E-state index contributed by atoms with van der Waals surface area (Å²) in [6.45, 7) is 19.7. The quantitative estimate of drug-likeness (QED) is 0.367. The highest BCUT2D eigenvalue weighted by Crippen LogP contribution is 2.59. The Kier molecular flexibility index (Phi) is 9.25. The van der Waals surface area contributed by atoms with Crippen LogP contribution in [0.1, 0.15) is 120 Å². The lowest BCUT2D eigenvalue weighted by molar-refractivity contribution is -0.185. The maximum Gasteiger partial charge on any atom is 0.310 e. The SMILES string of the molecule is CC(CCC1(C(=O)O)CCC(C)CC1(CCC(C)CC(C)(C)C)C(=O)O)CC(C)(C)C. The van der Waals surface area contributed by atoms with Crippen molar-refractivity contribution in [1.29, 1.82) is 0 Å². The van der Waals surface area contributed by atoms with E-state index in [0.29, 0.717) is 37.5 Å². The van der Waals surface area contributed by atoms with Crippen LogP contribution in [0.2, 0.25) is 0 Å². The molecule has 4 heteroatoms. The van der Waals surface area contributed by atoms with Gasteiger partial charge in [-0.15, -0.1) is 0 Å². The third kappa shape index (κ3) is 7.49. The average molecular weight is 439 g/mol. The second-order valence-electron chi connectivity index (χ2n) is 13.4. The van der Waals surface area contributed by atoms with Gasteiger partial charge in [0.2, 0.25) is 0 Å². The van der Waals surface area contributed by atoms with Crippen molar-refractivity contribution in [2.45, 2.75) is 120 Å². The molecule has 0 amide bonds. The summed E-state index contributed by atoms with van der Waals surface area (Å²) in [6.07, 6.45) is 6.25. The van der Waals surface area contributed by atoms with Crippen molar-refractivity contribution in [3.63, 3.8) is 0 Å². The molecule has 0 aromatic heterocycles. The predicted molar refractivity (Wildman–Crippen MR) is 128 cm³/mol. The summed E-state index contributed by atoms with van der Waals surface area (Å²) < 4.78 is 0. The molecule has 2 N–H and O–H groups in total. The molecule has 182 valence electrons. The largest absolute Gasteiger partial charge is 0.481 e. The maximum absolute atomic E-state index is 12.8. The molecule has 4 nitrogen and oxygen atoms in total. The first-order valence-electron chi connectivity index (χ1n) is 12.4. The van der Waals surface area contributed by atoms with E-state index in [0.717, 1.165) is 32.1 Å². The number of rotatable bonds is 10. The lowest BCUT2D eigenvalue weighted by atomic mass is 9.50. The summed E-state index contributed by atoms with van der Waals surface area (Å²) in [5.41, 5.74) is -1.98. The van der Waals surface area contributed by atoms with Crippen LogP contribution in [0, 0.1) is 39.4 Å². The molecule has 0 bridgehead atoms. The zero-order chi connectivity index (χ0) is 24.3. The van der Waals surface area contributed by atoms with Crippen molar-refractivity contribution < 1.29 is 19.8 Å². The molecule has 31 heavy (non-hydrogen) atoms. The summed E-state index contributed by atoms with van der Waals surface area (Å²) in [5, 5.41) is 21.0. The minimum absolute atomic E-state index is 0.182. The highest BCUT2D eigenvalue weighted by molar-refractivity contribution is 5.87. The molecule has 5 unspecified atom stereocenters. The monoisotopic (exact) mass is 438 g/mol. The fourth-order valence-corrected chi connectivity index (χ4v) is 6.43. The van der Waals surface area contributed by atoms with Crippen LogP contribution in [0.15, 0.2) is 0 Å². The highest BCUT2D eigenvalue weighted by Gasteiger charge is 2.62. The molecular weight excluding hydrogens is 388 g/mol. The van der Waals surface area contributed by atoms with Gasteiger partial charge in [0.25, 0.3) is 0 Å². The third-order valence-corrected chi connectivity index (χ3v) is 7.55. The standard InChI is InChI=1S/C27H50O4/c1-19(16-24(4,5)6)10-13-26(22(28)29)14-11-21(3)18-27(26,23(30)31)15-12-20(2)17-25(7,8)9/h19-21H,10-18H2,1-9H3,(H,28,29)(H,30,31). The van der Waals surface area contributed by atoms with Crippen LogP contribution in [0.3, 0.4) is 0 Å². The fourth-order valence-electron chi connectivity index (χ4n) is 6.43. The van der Waals surface area contributed by atoms with Gasteiger partial charge in [-0.2, -0.15) is 0 Å². The molecule has 1 saturated carbocycles. The lowest BCUT2D eigenvalue weighted by Crippen LogP contribution is -2.56. The zero-order valence-electron chi connectivity index (χ0n) is 21.8. The van der Waals surface area contributed by atoms with Gasteiger partial charge in [-0.1, -0.05) is 62.3 Å². The predicted octanol–water partition coefficient (Wildman–Crippen LogP) is 7.65. The highest BCUT2D eigenvalue weighted by atomic mass is 16.4. The van der Waals surface area contributed by atoms with E-state index in [1.807, 2.05) is 0 Å². The van der Waals surface area contributed by atoms with E-state index in [2.05, 4.69) is 62.3 Å². The number of hydrogen-bond donors (Lipinski definition) is 2. The Bertz CT molecular complexity index is 612. The Morgan fingerprint density at radius 2 is 1.23 bits per heavy atom. The van der Waals surface area contributed by atoms with E-state index in [4.69, 9.17) is 0 Å². The number of hydrogen-bond acceptors (Lipinski definition) is 2. The van der Waals surface area contributed by atoms with Crippen LogP contribution >= 0.6 is 0 Å². The van der Waals surface area contributed by atoms with Crippen molar-refractivity contribution in [3.8, 4) is 0 Å². The lowest BCUT2D eigenvalue weighted by Gasteiger charge is -2.51. The van der Waals surface area contributed by atoms with Gasteiger partial charge in [0.15, 0.2) is 0 Å². The Balaban J connectivity index is 3.23. The second-order valence-corrected chi connectivity index (χ2v) is 13.4. The second kappa shape index (κ2) is 10.3. The van der Waals surface area contributed by atoms with E-state index < -0.39 is 22.8 Å². The Morgan fingerprint density at radius 1 is 0.839 bits per heavy atom. The van der Waals surface area contributed by atoms with Gasteiger partial charge in [0.1, 0.15) is 0 Å². The molecule has 1 fully saturated rings. The Labute approximate surface area is 191 Å². The zero-order valence-corrected chi connectivity index (χ0v) is 21.8. The van der Waals surface area contributed by atoms with E-state index in [1.165, 1.54) is 0 Å². The van der Waals surface area contributed by atoms with Crippen LogP contribution < -0.4 is 0 Å². The molecular formula is C27H50O4. The van der Waals surface area contributed by atoms with Crippen molar-refractivity contribution in [2.24, 2.45) is 39.4 Å². The van der Waals surface area contributed by atoms with Crippen LogP contribution in [-0.4, -0.2) is 22.2 Å². The minimum atomic E-state index is -1.18. The van der Waals surface area contributed by atoms with Crippen molar-refractivity contribution in [2.75, 3.05) is 0 Å². The van der Waals surface area contributed by atoms with Gasteiger partial charge in [0.05, 0.1) is 10.8 Å². The topological polar surface area (TPSA) is 74.6 Å². The molecule has 0 saturated heterocycles. The summed E-state index contributed by atoms with van der Waals surface area (Å²) in [6, 6.07) is 0. The normalized spacial score (nSPS) is 29.4. The first-order chi connectivity index (χ1) is 13.9. The summed E-state index contributed by atoms with van der Waals surface area (Å²) in [4.78, 5) is 25.7. The molecule has 1 aliphatic rings. The van der Waals surface area contributed by atoms with E-state index in [9.17, 15) is 19.8 Å². The molecule has 0 aromatic rings. The number of carboxylic acids is 2. The molecule has 0 aliphatic heterocycles. The fraction of sp³-hybridized carbons (Fsp3) is 0.926. The Hall–Kier alpha value is -1.06. The molecule has 0 spiro atoms. The third-order valence-electron chi connectivity index (χ3n) is 7.55. The average Bonchev–Trinajstić information content (AvgIpc) is 2.55. The van der Waals surface area contributed by atoms with Gasteiger partial charge in [-0.3, -0.25) is 9.59 Å². The summed E-state index contributed by atoms with van der Waals surface area (Å²) >= 11 is 0. The first-order valence-corrected chi connectivity index (χ1v) is 12.4. The number of carboxylic acid groups (broad SMARTS) is 2. The van der Waals surface area contributed by atoms with Gasteiger partial charge in [-0.25, -0.2) is 0 Å². The van der Waals surface area contributed by atoms with Gasteiger partial charge in [0, 0.05) is 0 Å². The van der Waals surface area contributed by atoms with Crippen molar-refractivity contribution in [1.82, 2.24) is 0 Å². The smallest absolute Gasteiger partial charge is 0.310 e. The maximum atomic E-state index is 12.8. The van der Waals surface area contributed by atoms with E-state index >= 15 is 0 Å². The van der Waals surface area contributed by atoms with Crippen LogP contribution in [0.25, 0.3) is 0 Å². The van der Waals surface area contributed by atoms with Crippen molar-refractivity contribution >= 4 is 11.9 Å². The summed E-state index contributed by atoms with van der Waals surface area (Å²) in [7, 11) is 0. The first kappa shape index (κ1) is 28.0. The van der Waals surface area contributed by atoms with Crippen LogP contribution in [-0.2, 0) is 9.59 Å². The van der Waals surface area contributed by atoms with Crippen LogP contribution in [0.4, 0.5) is 0 Å². The Morgan fingerprint density at radius 3 is 1.58 bits per heavy atom. The molecule has 5 atom stereocenters. The molecule has 0 aromatic carbocycles. The number of aliphatic carboxylic acids is 2. The van der Waals surface area contributed by atoms with E-state index in [-0.39, 0.29) is 16.7 Å². The number of carbonyl (C=O) groups is 2. The molecule has 1 aliphatic carbocycles. The molecule has 0 radical (unpaired) electrons. The molecule has 0 heterocycles. The van der Waals surface area contributed by atoms with Gasteiger partial charge >= 0.3 is 11.9 Å². The van der Waals surface area contributed by atoms with E-state index in [1.54, 1.807) is 0 Å². The van der Waals surface area contributed by atoms with Crippen LogP contribution in [0.5, 0.6) is 0 Å².